The quantitative estimate of drug-likeness (QED) is 0.427. The summed E-state index contributed by atoms with van der Waals surface area (Å²) in [6.45, 7) is 0.124. The van der Waals surface area contributed by atoms with Gasteiger partial charge in [-0.15, -0.1) is 0 Å². The first-order valence-electron chi connectivity index (χ1n) is 9.02. The van der Waals surface area contributed by atoms with Gasteiger partial charge in [0.25, 0.3) is 11.8 Å². The van der Waals surface area contributed by atoms with Crippen molar-refractivity contribution in [2.24, 2.45) is 15.8 Å². The van der Waals surface area contributed by atoms with Gasteiger partial charge in [-0.25, -0.2) is 20.0 Å². The minimum Gasteiger partial charge on any atom is -0.382 e. The van der Waals surface area contributed by atoms with E-state index >= 15 is 0 Å². The molecule has 0 fully saturated rings. The maximum atomic E-state index is 12.5. The fourth-order valence-corrected chi connectivity index (χ4v) is 3.00. The molecule has 0 saturated carbocycles. The van der Waals surface area contributed by atoms with Gasteiger partial charge in [0.15, 0.2) is 23.5 Å². The monoisotopic (exact) mass is 440 g/mol. The molecule has 0 bridgehead atoms. The molecule has 2 aliphatic rings. The third kappa shape index (κ3) is 4.38. The predicted molar refractivity (Wildman–Crippen MR) is 114 cm³/mol. The highest BCUT2D eigenvalue weighted by molar-refractivity contribution is 6.30. The zero-order valence-corrected chi connectivity index (χ0v) is 16.7. The number of rotatable bonds is 5. The molecule has 13 heteroatoms. The van der Waals surface area contributed by atoms with Gasteiger partial charge in [0.1, 0.15) is 11.5 Å². The fourth-order valence-electron chi connectivity index (χ4n) is 2.82. The van der Waals surface area contributed by atoms with Crippen LogP contribution in [0.25, 0.3) is 0 Å². The van der Waals surface area contributed by atoms with E-state index in [4.69, 9.17) is 23.1 Å². The minimum absolute atomic E-state index is 0.117. The van der Waals surface area contributed by atoms with Gasteiger partial charge >= 0.3 is 0 Å². The number of halogens is 1. The third-order valence-corrected chi connectivity index (χ3v) is 4.53. The lowest BCUT2D eigenvalue weighted by Gasteiger charge is -2.29. The molecule has 1 aromatic carbocycles. The molecule has 1 aromatic heterocycles. The van der Waals surface area contributed by atoms with E-state index in [9.17, 15) is 9.59 Å². The molecule has 0 radical (unpaired) electrons. The molecule has 1 unspecified atom stereocenters. The Hall–Kier alpha value is -4.19. The van der Waals surface area contributed by atoms with Crippen LogP contribution in [-0.2, 0) is 0 Å². The zero-order chi connectivity index (χ0) is 22.0. The highest BCUT2D eigenvalue weighted by Crippen LogP contribution is 2.19. The maximum Gasteiger partial charge on any atom is 0.273 e. The van der Waals surface area contributed by atoms with Crippen LogP contribution >= 0.6 is 11.6 Å². The first-order valence-corrected chi connectivity index (χ1v) is 9.40. The number of anilines is 1. The number of nitrogens with one attached hydrogen (secondary N) is 3. The summed E-state index contributed by atoms with van der Waals surface area (Å²) < 4.78 is 0. The van der Waals surface area contributed by atoms with Crippen LogP contribution in [0.2, 0.25) is 5.02 Å². The summed E-state index contributed by atoms with van der Waals surface area (Å²) in [6.07, 6.45) is 4.22. The van der Waals surface area contributed by atoms with Gasteiger partial charge in [-0.05, 0) is 30.4 Å². The summed E-state index contributed by atoms with van der Waals surface area (Å²) in [5.74, 6) is -0.366. The number of hydrazone groups is 1. The minimum atomic E-state index is -0.812. The van der Waals surface area contributed by atoms with E-state index in [1.165, 1.54) is 0 Å². The Balaban J connectivity index is 1.43. The van der Waals surface area contributed by atoms with Crippen molar-refractivity contribution in [3.05, 3.63) is 59.0 Å². The van der Waals surface area contributed by atoms with Gasteiger partial charge in [0.05, 0.1) is 18.4 Å². The predicted octanol–water partition coefficient (Wildman–Crippen LogP) is -0.110. The van der Waals surface area contributed by atoms with Gasteiger partial charge in [-0.3, -0.25) is 20.4 Å². The number of amides is 2. The number of amidine groups is 2. The molecule has 7 N–H and O–H groups in total. The van der Waals surface area contributed by atoms with Crippen molar-refractivity contribution in [2.45, 2.75) is 6.17 Å². The second-order valence-electron chi connectivity index (χ2n) is 6.47. The molecule has 1 atom stereocenters. The number of carbonyl (C=O) groups excluding carboxylic acids is 2. The number of nitrogens with zero attached hydrogens (tertiary/aromatic N) is 5. The highest BCUT2D eigenvalue weighted by atomic mass is 35.5. The first kappa shape index (κ1) is 20.1. The molecule has 2 aromatic rings. The van der Waals surface area contributed by atoms with Crippen molar-refractivity contribution in [3.63, 3.8) is 0 Å². The molecule has 2 amide bonds. The lowest BCUT2D eigenvalue weighted by molar-refractivity contribution is 0.0934. The molecular formula is C18H17ClN10O2. The van der Waals surface area contributed by atoms with Crippen LogP contribution in [0.5, 0.6) is 0 Å². The Morgan fingerprint density at radius 3 is 2.94 bits per heavy atom. The molecule has 158 valence electrons. The second-order valence-corrected chi connectivity index (χ2v) is 6.91. The van der Waals surface area contributed by atoms with E-state index in [2.05, 4.69) is 36.2 Å². The average Bonchev–Trinajstić information content (AvgIpc) is 3.14. The Bertz CT molecular complexity index is 1150. The van der Waals surface area contributed by atoms with Gasteiger partial charge in [-0.1, -0.05) is 17.7 Å². The summed E-state index contributed by atoms with van der Waals surface area (Å²) >= 11 is 6.00. The summed E-state index contributed by atoms with van der Waals surface area (Å²) in [7, 11) is 0. The van der Waals surface area contributed by atoms with Crippen LogP contribution in [0.15, 0.2) is 52.7 Å². The Kier molecular flexibility index (Phi) is 5.37. The van der Waals surface area contributed by atoms with Crippen LogP contribution in [0.3, 0.4) is 0 Å². The molecule has 0 aliphatic carbocycles. The number of hydrazine groups is 1. The number of hydrogen-bond donors (Lipinski definition) is 5. The largest absolute Gasteiger partial charge is 0.382 e. The van der Waals surface area contributed by atoms with E-state index in [-0.39, 0.29) is 23.8 Å². The first-order chi connectivity index (χ1) is 14.9. The van der Waals surface area contributed by atoms with E-state index < -0.39 is 18.0 Å². The van der Waals surface area contributed by atoms with E-state index in [1.807, 2.05) is 6.07 Å². The van der Waals surface area contributed by atoms with Crippen LogP contribution in [0, 0.1) is 0 Å². The lowest BCUT2D eigenvalue weighted by Crippen LogP contribution is -2.56. The van der Waals surface area contributed by atoms with Crippen LogP contribution in [-0.4, -0.2) is 51.2 Å². The number of carbonyl (C=O) groups is 2. The average molecular weight is 441 g/mol. The van der Waals surface area contributed by atoms with Crippen molar-refractivity contribution >= 4 is 46.6 Å². The smallest absolute Gasteiger partial charge is 0.273 e. The maximum absolute atomic E-state index is 12.5. The number of hydrogen-bond acceptors (Lipinski definition) is 9. The van der Waals surface area contributed by atoms with Gasteiger partial charge in [-0.2, -0.15) is 5.10 Å². The molecule has 31 heavy (non-hydrogen) atoms. The van der Waals surface area contributed by atoms with E-state index in [1.54, 1.807) is 35.4 Å². The van der Waals surface area contributed by atoms with Gasteiger partial charge < -0.3 is 16.8 Å². The SMILES string of the molecule is NC(=O)c1cnc(N)c(C(=O)NCC2NN=C3C=CC(=Nc4cccc(Cl)c4)NN32)n1. The van der Waals surface area contributed by atoms with E-state index in [0.717, 1.165) is 6.20 Å². The number of aliphatic imine (C=N–C) groups is 1. The molecule has 0 saturated heterocycles. The van der Waals surface area contributed by atoms with Crippen molar-refractivity contribution < 1.29 is 9.59 Å². The number of nitrogens with two attached hydrogens (primary N) is 2. The molecule has 2 aliphatic heterocycles. The van der Waals surface area contributed by atoms with Gasteiger partial charge in [0.2, 0.25) is 0 Å². The molecular weight excluding hydrogens is 424 g/mol. The molecule has 0 spiro atoms. The summed E-state index contributed by atoms with van der Waals surface area (Å²) in [6, 6.07) is 7.13. The number of fused-ring (bicyclic) bond motifs is 1. The zero-order valence-electron chi connectivity index (χ0n) is 15.9. The Morgan fingerprint density at radius 2 is 2.16 bits per heavy atom. The standard InChI is InChI=1S/C18H17ClN10O2/c19-9-2-1-3-10(6-9)24-12-4-5-13-26-27-14(29(13)28-12)8-23-18(31)15-16(20)22-7-11(25-15)17(21)30/h1-7,14,27H,8H2,(H2,20,22)(H2,21,30)(H,23,31)(H,24,28). The molecule has 3 heterocycles. The van der Waals surface area contributed by atoms with Crippen LogP contribution in [0.4, 0.5) is 11.5 Å². The Morgan fingerprint density at radius 1 is 1.32 bits per heavy atom. The van der Waals surface area contributed by atoms with Crippen molar-refractivity contribution in [2.75, 3.05) is 12.3 Å². The molecule has 4 rings (SSSR count). The van der Waals surface area contributed by atoms with Crippen LogP contribution < -0.4 is 27.6 Å². The lowest BCUT2D eigenvalue weighted by atomic mass is 10.3. The summed E-state index contributed by atoms with van der Waals surface area (Å²) in [4.78, 5) is 35.9. The molecule has 12 nitrogen and oxygen atoms in total. The topological polar surface area (TPSA) is 176 Å². The summed E-state index contributed by atoms with van der Waals surface area (Å²) in [5.41, 5.74) is 17.2. The number of aromatic nitrogens is 2. The normalized spacial score (nSPS) is 18.1. The Labute approximate surface area is 181 Å². The third-order valence-electron chi connectivity index (χ3n) is 4.29. The van der Waals surface area contributed by atoms with Gasteiger partial charge in [0, 0.05) is 5.02 Å². The number of nitrogen functional groups attached to an aromatic ring is 1. The van der Waals surface area contributed by atoms with Crippen LogP contribution in [0.1, 0.15) is 21.0 Å². The van der Waals surface area contributed by atoms with Crippen molar-refractivity contribution in [1.29, 1.82) is 0 Å². The van der Waals surface area contributed by atoms with E-state index in [0.29, 0.717) is 22.4 Å². The van der Waals surface area contributed by atoms with Crippen molar-refractivity contribution in [1.82, 2.24) is 31.1 Å². The summed E-state index contributed by atoms with van der Waals surface area (Å²) in [5, 5.41) is 9.17. The number of benzene rings is 1. The number of primary amides is 1. The fraction of sp³-hybridized carbons (Fsp3) is 0.111. The highest BCUT2D eigenvalue weighted by Gasteiger charge is 2.30. The second kappa shape index (κ2) is 8.28. The van der Waals surface area contributed by atoms with Crippen molar-refractivity contribution in [3.8, 4) is 0 Å².